The normalized spacial score (nSPS) is 11.4. The van der Waals surface area contributed by atoms with E-state index in [2.05, 4.69) is 14.9 Å². The topological polar surface area (TPSA) is 65.2 Å². The number of esters is 1. The molecule has 0 aliphatic heterocycles. The van der Waals surface area contributed by atoms with E-state index >= 15 is 0 Å². The van der Waals surface area contributed by atoms with Gasteiger partial charge < -0.3 is 9.15 Å². The third kappa shape index (κ3) is 3.74. The Morgan fingerprint density at radius 1 is 1.08 bits per heavy atom. The number of halogens is 3. The van der Waals surface area contributed by atoms with Crippen molar-refractivity contribution in [3.63, 3.8) is 0 Å². The molecule has 1 aromatic heterocycles. The molecule has 0 fully saturated rings. The van der Waals surface area contributed by atoms with E-state index in [-0.39, 0.29) is 11.8 Å². The van der Waals surface area contributed by atoms with E-state index < -0.39 is 17.7 Å². The first-order valence-electron chi connectivity index (χ1n) is 7.54. The predicted octanol–water partition coefficient (Wildman–Crippen LogP) is 4.13. The van der Waals surface area contributed by atoms with Gasteiger partial charge in [-0.15, -0.1) is 10.2 Å². The van der Waals surface area contributed by atoms with Gasteiger partial charge in [0.25, 0.3) is 0 Å². The summed E-state index contributed by atoms with van der Waals surface area (Å²) >= 11 is 0. The molecule has 0 aliphatic carbocycles. The molecule has 0 amide bonds. The molecule has 2 aromatic carbocycles. The Hall–Kier alpha value is -3.16. The molecule has 0 bridgehead atoms. The van der Waals surface area contributed by atoms with E-state index in [1.54, 1.807) is 24.3 Å². The Morgan fingerprint density at radius 2 is 1.77 bits per heavy atom. The molecule has 5 nitrogen and oxygen atoms in total. The summed E-state index contributed by atoms with van der Waals surface area (Å²) < 4.78 is 47.8. The zero-order chi connectivity index (χ0) is 18.7. The first kappa shape index (κ1) is 17.7. The molecule has 0 saturated heterocycles. The van der Waals surface area contributed by atoms with Crippen molar-refractivity contribution in [2.24, 2.45) is 0 Å². The number of rotatable bonds is 4. The van der Waals surface area contributed by atoms with Crippen LogP contribution in [-0.4, -0.2) is 23.3 Å². The second-order valence-electron chi connectivity index (χ2n) is 5.43. The Morgan fingerprint density at radius 3 is 2.42 bits per heavy atom. The smallest absolute Gasteiger partial charge is 0.416 e. The lowest BCUT2D eigenvalue weighted by atomic mass is 9.99. The lowest BCUT2D eigenvalue weighted by Gasteiger charge is -2.09. The molecule has 0 saturated carbocycles. The van der Waals surface area contributed by atoms with Crippen molar-refractivity contribution in [2.75, 3.05) is 7.11 Å². The number of nitrogens with zero attached hydrogens (tertiary/aromatic N) is 2. The molecular formula is C18H13F3N2O3. The van der Waals surface area contributed by atoms with Gasteiger partial charge in [0.1, 0.15) is 0 Å². The summed E-state index contributed by atoms with van der Waals surface area (Å²) in [4.78, 5) is 11.4. The Labute approximate surface area is 146 Å². The number of aromatic nitrogens is 2. The molecule has 0 aliphatic rings. The molecular weight excluding hydrogens is 349 g/mol. The van der Waals surface area contributed by atoms with Crippen LogP contribution in [0.3, 0.4) is 0 Å². The van der Waals surface area contributed by atoms with Crippen molar-refractivity contribution < 1.29 is 27.1 Å². The molecule has 0 unspecified atom stereocenters. The van der Waals surface area contributed by atoms with Gasteiger partial charge in [0, 0.05) is 5.56 Å². The largest absolute Gasteiger partial charge is 0.462 e. The van der Waals surface area contributed by atoms with Crippen LogP contribution in [0.25, 0.3) is 11.5 Å². The van der Waals surface area contributed by atoms with E-state index in [1.807, 2.05) is 0 Å². The summed E-state index contributed by atoms with van der Waals surface area (Å²) in [6, 6.07) is 12.0. The molecule has 0 N–H and O–H groups in total. The van der Waals surface area contributed by atoms with E-state index in [1.165, 1.54) is 19.2 Å². The van der Waals surface area contributed by atoms with Crippen molar-refractivity contribution in [3.8, 4) is 11.5 Å². The van der Waals surface area contributed by atoms with Crippen LogP contribution in [-0.2, 0) is 17.3 Å². The van der Waals surface area contributed by atoms with Crippen molar-refractivity contribution in [3.05, 3.63) is 71.1 Å². The number of ether oxygens (including phenoxy) is 1. The molecule has 8 heteroatoms. The Balaban J connectivity index is 1.88. The fraction of sp³-hybridized carbons (Fsp3) is 0.167. The van der Waals surface area contributed by atoms with Crippen LogP contribution < -0.4 is 0 Å². The van der Waals surface area contributed by atoms with Crippen LogP contribution in [0.5, 0.6) is 0 Å². The number of alkyl halides is 3. The first-order valence-corrected chi connectivity index (χ1v) is 7.54. The second-order valence-corrected chi connectivity index (χ2v) is 5.43. The third-order valence-electron chi connectivity index (χ3n) is 3.71. The fourth-order valence-electron chi connectivity index (χ4n) is 2.42. The zero-order valence-corrected chi connectivity index (χ0v) is 13.6. The minimum absolute atomic E-state index is 0.132. The lowest BCUT2D eigenvalue weighted by molar-refractivity contribution is -0.137. The highest BCUT2D eigenvalue weighted by molar-refractivity contribution is 5.84. The van der Waals surface area contributed by atoms with Gasteiger partial charge >= 0.3 is 18.0 Å². The maximum Gasteiger partial charge on any atom is 0.416 e. The quantitative estimate of drug-likeness (QED) is 0.653. The number of hydrogen-bond donors (Lipinski definition) is 0. The van der Waals surface area contributed by atoms with Crippen LogP contribution in [0.4, 0.5) is 13.2 Å². The minimum atomic E-state index is -4.37. The molecule has 3 aromatic rings. The lowest BCUT2D eigenvalue weighted by Crippen LogP contribution is -2.04. The van der Waals surface area contributed by atoms with Crippen molar-refractivity contribution in [2.45, 2.75) is 12.6 Å². The van der Waals surface area contributed by atoms with Gasteiger partial charge in [-0.2, -0.15) is 13.2 Å². The van der Waals surface area contributed by atoms with Gasteiger partial charge in [-0.3, -0.25) is 0 Å². The second kappa shape index (κ2) is 6.99. The summed E-state index contributed by atoms with van der Waals surface area (Å²) in [5, 5.41) is 7.47. The molecule has 0 spiro atoms. The highest BCUT2D eigenvalue weighted by Gasteiger charge is 2.30. The average Bonchev–Trinajstić information content (AvgIpc) is 3.11. The van der Waals surface area contributed by atoms with E-state index in [4.69, 9.17) is 4.42 Å². The van der Waals surface area contributed by atoms with Gasteiger partial charge in [-0.05, 0) is 35.7 Å². The highest BCUT2D eigenvalue weighted by atomic mass is 19.4. The predicted molar refractivity (Wildman–Crippen MR) is 85.3 cm³/mol. The molecule has 134 valence electrons. The number of carbonyl (C=O) groups is 1. The van der Waals surface area contributed by atoms with Crippen LogP contribution in [0.15, 0.2) is 52.9 Å². The van der Waals surface area contributed by atoms with Crippen LogP contribution >= 0.6 is 0 Å². The van der Waals surface area contributed by atoms with Crippen molar-refractivity contribution in [1.82, 2.24) is 10.2 Å². The van der Waals surface area contributed by atoms with Gasteiger partial charge in [-0.1, -0.05) is 30.3 Å². The standard InChI is InChI=1S/C18H13F3N2O3/c1-25-17(24)16-23-22-15(26-16)14-5-3-2-4-12(14)10-11-6-8-13(9-7-11)18(19,20)21/h2-9H,10H2,1H3. The first-order chi connectivity index (χ1) is 12.4. The van der Waals surface area contributed by atoms with Crippen molar-refractivity contribution in [1.29, 1.82) is 0 Å². The maximum atomic E-state index is 12.7. The minimum Gasteiger partial charge on any atom is -0.462 e. The Bertz CT molecular complexity index is 918. The van der Waals surface area contributed by atoms with Crippen LogP contribution in [0, 0.1) is 0 Å². The molecule has 3 rings (SSSR count). The summed E-state index contributed by atoms with van der Waals surface area (Å²) in [5.41, 5.74) is 1.36. The van der Waals surface area contributed by atoms with Crippen LogP contribution in [0.2, 0.25) is 0 Å². The SMILES string of the molecule is COC(=O)c1nnc(-c2ccccc2Cc2ccc(C(F)(F)F)cc2)o1. The van der Waals surface area contributed by atoms with Gasteiger partial charge in [-0.25, -0.2) is 4.79 Å². The average molecular weight is 362 g/mol. The van der Waals surface area contributed by atoms with Crippen molar-refractivity contribution >= 4 is 5.97 Å². The van der Waals surface area contributed by atoms with Crippen LogP contribution in [0.1, 0.15) is 27.4 Å². The van der Waals surface area contributed by atoms with Gasteiger partial charge in [0.2, 0.25) is 5.89 Å². The summed E-state index contributed by atoms with van der Waals surface area (Å²) in [6.07, 6.45) is -4.01. The van der Waals surface area contributed by atoms with E-state index in [0.717, 1.165) is 17.7 Å². The number of carbonyl (C=O) groups excluding carboxylic acids is 1. The summed E-state index contributed by atoms with van der Waals surface area (Å²) in [7, 11) is 1.20. The molecule has 0 atom stereocenters. The highest BCUT2D eigenvalue weighted by Crippen LogP contribution is 2.30. The number of benzene rings is 2. The Kier molecular flexibility index (Phi) is 4.75. The molecule has 26 heavy (non-hydrogen) atoms. The van der Waals surface area contributed by atoms with Gasteiger partial charge in [0.05, 0.1) is 12.7 Å². The summed E-state index contributed by atoms with van der Waals surface area (Å²) in [5.74, 6) is -0.885. The zero-order valence-electron chi connectivity index (χ0n) is 13.6. The van der Waals surface area contributed by atoms with E-state index in [9.17, 15) is 18.0 Å². The monoisotopic (exact) mass is 362 g/mol. The van der Waals surface area contributed by atoms with Gasteiger partial charge in [0.15, 0.2) is 0 Å². The number of hydrogen-bond acceptors (Lipinski definition) is 5. The third-order valence-corrected chi connectivity index (χ3v) is 3.71. The maximum absolute atomic E-state index is 12.7. The summed E-state index contributed by atoms with van der Waals surface area (Å²) in [6.45, 7) is 0. The fourth-order valence-corrected chi connectivity index (χ4v) is 2.42. The van der Waals surface area contributed by atoms with E-state index in [0.29, 0.717) is 17.5 Å². The number of methoxy groups -OCH3 is 1. The molecule has 1 heterocycles. The molecule has 0 radical (unpaired) electrons.